The summed E-state index contributed by atoms with van der Waals surface area (Å²) in [5, 5.41) is 2.95. The molecular weight excluding hydrogens is 224 g/mol. The fourth-order valence-electron chi connectivity index (χ4n) is 1.95. The molecule has 3 N–H and O–H groups in total. The Hall–Kier alpha value is -1.35. The number of amides is 1. The Balaban J connectivity index is 2.48. The smallest absolute Gasteiger partial charge is 0.224 e. The molecule has 0 fully saturated rings. The van der Waals surface area contributed by atoms with Gasteiger partial charge in [0.15, 0.2) is 0 Å². The molecule has 0 aromatic heterocycles. The van der Waals surface area contributed by atoms with Crippen LogP contribution in [-0.2, 0) is 11.3 Å². The Bertz CT molecular complexity index is 368. The van der Waals surface area contributed by atoms with Crippen molar-refractivity contribution >= 4 is 5.91 Å². The Morgan fingerprint density at radius 2 is 1.89 bits per heavy atom. The Morgan fingerprint density at radius 1 is 1.28 bits per heavy atom. The quantitative estimate of drug-likeness (QED) is 0.840. The summed E-state index contributed by atoms with van der Waals surface area (Å²) < 4.78 is 0. The molecule has 0 aliphatic carbocycles. The lowest BCUT2D eigenvalue weighted by Crippen LogP contribution is -2.36. The third kappa shape index (κ3) is 5.32. The maximum atomic E-state index is 12.0. The van der Waals surface area contributed by atoms with Gasteiger partial charge in [0.2, 0.25) is 5.91 Å². The van der Waals surface area contributed by atoms with Crippen molar-refractivity contribution in [2.45, 2.75) is 33.7 Å². The zero-order valence-corrected chi connectivity index (χ0v) is 11.6. The van der Waals surface area contributed by atoms with Gasteiger partial charge in [-0.15, -0.1) is 0 Å². The predicted octanol–water partition coefficient (Wildman–Crippen LogP) is 2.31. The Labute approximate surface area is 110 Å². The van der Waals surface area contributed by atoms with Crippen molar-refractivity contribution in [1.82, 2.24) is 5.32 Å². The third-order valence-corrected chi connectivity index (χ3v) is 2.82. The van der Waals surface area contributed by atoms with E-state index in [1.807, 2.05) is 30.3 Å². The van der Waals surface area contributed by atoms with E-state index in [1.54, 1.807) is 0 Å². The average molecular weight is 248 g/mol. The summed E-state index contributed by atoms with van der Waals surface area (Å²) in [5.74, 6) is -0.0509. The predicted molar refractivity (Wildman–Crippen MR) is 74.9 cm³/mol. The van der Waals surface area contributed by atoms with Crippen LogP contribution in [-0.4, -0.2) is 12.5 Å². The van der Waals surface area contributed by atoms with Crippen molar-refractivity contribution in [2.75, 3.05) is 6.54 Å². The molecule has 1 unspecified atom stereocenters. The van der Waals surface area contributed by atoms with Crippen LogP contribution in [0.3, 0.4) is 0 Å². The van der Waals surface area contributed by atoms with Crippen molar-refractivity contribution in [3.05, 3.63) is 35.9 Å². The van der Waals surface area contributed by atoms with E-state index in [4.69, 9.17) is 5.73 Å². The lowest BCUT2D eigenvalue weighted by molar-refractivity contribution is -0.125. The number of carbonyl (C=O) groups excluding carboxylic acids is 1. The van der Waals surface area contributed by atoms with E-state index in [2.05, 4.69) is 26.1 Å². The van der Waals surface area contributed by atoms with Crippen LogP contribution in [0.5, 0.6) is 0 Å². The lowest BCUT2D eigenvalue weighted by Gasteiger charge is -2.24. The van der Waals surface area contributed by atoms with Crippen LogP contribution in [0.1, 0.15) is 32.8 Å². The van der Waals surface area contributed by atoms with Gasteiger partial charge in [-0.3, -0.25) is 4.79 Å². The van der Waals surface area contributed by atoms with E-state index in [-0.39, 0.29) is 17.2 Å². The number of hydrogen-bond acceptors (Lipinski definition) is 2. The summed E-state index contributed by atoms with van der Waals surface area (Å²) in [6.45, 7) is 7.35. The van der Waals surface area contributed by atoms with Crippen molar-refractivity contribution in [3.8, 4) is 0 Å². The summed E-state index contributed by atoms with van der Waals surface area (Å²) in [7, 11) is 0. The highest BCUT2D eigenvalue weighted by Crippen LogP contribution is 2.24. The molecule has 0 heterocycles. The summed E-state index contributed by atoms with van der Waals surface area (Å²) in [4.78, 5) is 12.0. The number of benzene rings is 1. The fourth-order valence-corrected chi connectivity index (χ4v) is 1.95. The molecule has 100 valence electrons. The minimum atomic E-state index is -0.103. The van der Waals surface area contributed by atoms with E-state index in [0.29, 0.717) is 13.1 Å². The average Bonchev–Trinajstić information content (AvgIpc) is 2.33. The minimum Gasteiger partial charge on any atom is -0.352 e. The van der Waals surface area contributed by atoms with E-state index in [0.717, 1.165) is 12.0 Å². The molecule has 0 aliphatic rings. The Morgan fingerprint density at radius 3 is 2.39 bits per heavy atom. The van der Waals surface area contributed by atoms with E-state index < -0.39 is 0 Å². The highest BCUT2D eigenvalue weighted by atomic mass is 16.1. The first-order valence-electron chi connectivity index (χ1n) is 6.44. The van der Waals surface area contributed by atoms with E-state index >= 15 is 0 Å². The number of nitrogens with one attached hydrogen (secondary N) is 1. The van der Waals surface area contributed by atoms with E-state index in [9.17, 15) is 4.79 Å². The lowest BCUT2D eigenvalue weighted by atomic mass is 9.84. The zero-order chi connectivity index (χ0) is 13.6. The van der Waals surface area contributed by atoms with Crippen LogP contribution < -0.4 is 11.1 Å². The third-order valence-electron chi connectivity index (χ3n) is 2.82. The first-order chi connectivity index (χ1) is 8.42. The molecule has 1 atom stereocenters. The minimum absolute atomic E-state index is 0.0521. The van der Waals surface area contributed by atoms with Crippen LogP contribution in [0.15, 0.2) is 30.3 Å². The van der Waals surface area contributed by atoms with Crippen molar-refractivity contribution in [3.63, 3.8) is 0 Å². The normalized spacial score (nSPS) is 13.1. The van der Waals surface area contributed by atoms with Gasteiger partial charge in [-0.25, -0.2) is 0 Å². The SMILES string of the molecule is CC(C)(C)CC(CN)C(=O)NCc1ccccc1. The molecule has 1 aromatic carbocycles. The second-order valence-electron chi connectivity index (χ2n) is 5.90. The topological polar surface area (TPSA) is 55.1 Å². The zero-order valence-electron chi connectivity index (χ0n) is 11.6. The van der Waals surface area contributed by atoms with Crippen LogP contribution in [0.2, 0.25) is 0 Å². The van der Waals surface area contributed by atoms with Gasteiger partial charge in [-0.1, -0.05) is 51.1 Å². The highest BCUT2D eigenvalue weighted by molar-refractivity contribution is 5.78. The van der Waals surface area contributed by atoms with Gasteiger partial charge in [-0.05, 0) is 17.4 Å². The number of carbonyl (C=O) groups is 1. The van der Waals surface area contributed by atoms with Crippen LogP contribution in [0.4, 0.5) is 0 Å². The van der Waals surface area contributed by atoms with Gasteiger partial charge in [0, 0.05) is 13.1 Å². The molecule has 1 rings (SSSR count). The molecule has 3 nitrogen and oxygen atoms in total. The van der Waals surface area contributed by atoms with Gasteiger partial charge >= 0.3 is 0 Å². The van der Waals surface area contributed by atoms with Gasteiger partial charge < -0.3 is 11.1 Å². The van der Waals surface area contributed by atoms with Crippen LogP contribution >= 0.6 is 0 Å². The summed E-state index contributed by atoms with van der Waals surface area (Å²) in [6.07, 6.45) is 0.810. The number of rotatable bonds is 5. The molecule has 0 aliphatic heterocycles. The molecule has 0 saturated carbocycles. The molecule has 1 amide bonds. The van der Waals surface area contributed by atoms with Crippen LogP contribution in [0.25, 0.3) is 0 Å². The fraction of sp³-hybridized carbons (Fsp3) is 0.533. The molecule has 0 bridgehead atoms. The second kappa shape index (κ2) is 6.55. The standard InChI is InChI=1S/C15H24N2O/c1-15(2,3)9-13(10-16)14(18)17-11-12-7-5-4-6-8-12/h4-8,13H,9-11,16H2,1-3H3,(H,17,18). The monoisotopic (exact) mass is 248 g/mol. The second-order valence-corrected chi connectivity index (χ2v) is 5.90. The highest BCUT2D eigenvalue weighted by Gasteiger charge is 2.23. The van der Waals surface area contributed by atoms with Gasteiger partial charge in [0.1, 0.15) is 0 Å². The largest absolute Gasteiger partial charge is 0.352 e. The first kappa shape index (κ1) is 14.7. The molecule has 3 heteroatoms. The van der Waals surface area contributed by atoms with Gasteiger partial charge in [0.25, 0.3) is 0 Å². The summed E-state index contributed by atoms with van der Waals surface area (Å²) in [5.41, 5.74) is 6.92. The number of hydrogen-bond donors (Lipinski definition) is 2. The molecule has 18 heavy (non-hydrogen) atoms. The maximum absolute atomic E-state index is 12.0. The molecule has 0 spiro atoms. The maximum Gasteiger partial charge on any atom is 0.224 e. The molecule has 0 radical (unpaired) electrons. The Kier molecular flexibility index (Phi) is 5.35. The van der Waals surface area contributed by atoms with E-state index in [1.165, 1.54) is 0 Å². The summed E-state index contributed by atoms with van der Waals surface area (Å²) in [6, 6.07) is 9.91. The van der Waals surface area contributed by atoms with Gasteiger partial charge in [-0.2, -0.15) is 0 Å². The first-order valence-corrected chi connectivity index (χ1v) is 6.44. The molecule has 1 aromatic rings. The molecule has 0 saturated heterocycles. The molecular formula is C15H24N2O. The summed E-state index contributed by atoms with van der Waals surface area (Å²) >= 11 is 0. The van der Waals surface area contributed by atoms with Crippen molar-refractivity contribution in [2.24, 2.45) is 17.1 Å². The van der Waals surface area contributed by atoms with Crippen molar-refractivity contribution < 1.29 is 4.79 Å². The van der Waals surface area contributed by atoms with Crippen molar-refractivity contribution in [1.29, 1.82) is 0 Å². The van der Waals surface area contributed by atoms with Crippen LogP contribution in [0, 0.1) is 11.3 Å². The van der Waals surface area contributed by atoms with Gasteiger partial charge in [0.05, 0.1) is 5.92 Å². The number of nitrogens with two attached hydrogens (primary N) is 1.